The molecule has 0 aliphatic rings. The van der Waals surface area contributed by atoms with Crippen molar-refractivity contribution in [3.05, 3.63) is 10.6 Å². The number of amides is 3. The number of carbonyl (C=O) groups is 2. The van der Waals surface area contributed by atoms with E-state index in [0.717, 1.165) is 23.5 Å². The molecule has 7 nitrogen and oxygen atoms in total. The number of nitrogens with zero attached hydrogens (tertiary/aromatic N) is 4. The van der Waals surface area contributed by atoms with Crippen LogP contribution in [0.4, 0.5) is 9.93 Å². The van der Waals surface area contributed by atoms with Crippen LogP contribution in [-0.4, -0.2) is 79.4 Å². The van der Waals surface area contributed by atoms with Crippen molar-refractivity contribution in [2.45, 2.75) is 20.3 Å². The number of anilines is 1. The number of thiazole rings is 1. The van der Waals surface area contributed by atoms with E-state index in [9.17, 15) is 9.59 Å². The van der Waals surface area contributed by atoms with E-state index in [0.29, 0.717) is 11.7 Å². The molecule has 0 unspecified atom stereocenters. The molecule has 1 heterocycles. The topological polar surface area (TPSA) is 68.8 Å². The van der Waals surface area contributed by atoms with Gasteiger partial charge >= 0.3 is 6.03 Å². The minimum absolute atomic E-state index is 0.0299. The standard InChI is InChI=1S/C15H27N5O2S/c1-11-12(2)23-14(16-11)17-13(21)10-20(15(22)19(5)6)9-7-8-18(3)4/h7-10H2,1-6H3,(H,16,17,21). The first-order valence-electron chi connectivity index (χ1n) is 7.55. The summed E-state index contributed by atoms with van der Waals surface area (Å²) in [6.07, 6.45) is 0.815. The Morgan fingerprint density at radius 3 is 2.26 bits per heavy atom. The maximum Gasteiger partial charge on any atom is 0.319 e. The quantitative estimate of drug-likeness (QED) is 0.818. The Labute approximate surface area is 142 Å². The van der Waals surface area contributed by atoms with Crippen LogP contribution in [0.2, 0.25) is 0 Å². The Morgan fingerprint density at radius 2 is 1.78 bits per heavy atom. The van der Waals surface area contributed by atoms with Crippen LogP contribution in [0.3, 0.4) is 0 Å². The van der Waals surface area contributed by atoms with Crippen LogP contribution in [0.1, 0.15) is 17.0 Å². The predicted octanol–water partition coefficient (Wildman–Crippen LogP) is 1.63. The fourth-order valence-electron chi connectivity index (χ4n) is 1.96. The molecule has 0 bridgehead atoms. The van der Waals surface area contributed by atoms with Gasteiger partial charge in [0.2, 0.25) is 5.91 Å². The van der Waals surface area contributed by atoms with E-state index in [1.807, 2.05) is 27.9 Å². The Bertz CT molecular complexity index is 522. The number of aromatic nitrogens is 1. The van der Waals surface area contributed by atoms with Crippen LogP contribution in [-0.2, 0) is 4.79 Å². The van der Waals surface area contributed by atoms with Gasteiger partial charge in [-0.2, -0.15) is 0 Å². The Hall–Kier alpha value is -1.67. The first-order valence-corrected chi connectivity index (χ1v) is 8.37. The van der Waals surface area contributed by atoms with Crippen molar-refractivity contribution >= 4 is 28.4 Å². The maximum atomic E-state index is 12.2. The second-order valence-electron chi connectivity index (χ2n) is 5.96. The summed E-state index contributed by atoms with van der Waals surface area (Å²) in [4.78, 5) is 34.9. The molecule has 130 valence electrons. The van der Waals surface area contributed by atoms with Gasteiger partial charge in [-0.05, 0) is 40.9 Å². The van der Waals surface area contributed by atoms with Crippen LogP contribution >= 0.6 is 11.3 Å². The van der Waals surface area contributed by atoms with E-state index in [1.54, 1.807) is 19.0 Å². The van der Waals surface area contributed by atoms with Gasteiger partial charge in [0.05, 0.1) is 5.69 Å². The van der Waals surface area contributed by atoms with Crippen molar-refractivity contribution in [1.29, 1.82) is 0 Å². The smallest absolute Gasteiger partial charge is 0.319 e. The van der Waals surface area contributed by atoms with Crippen molar-refractivity contribution in [3.8, 4) is 0 Å². The highest BCUT2D eigenvalue weighted by atomic mass is 32.1. The number of carbonyl (C=O) groups excluding carboxylic acids is 2. The van der Waals surface area contributed by atoms with Crippen LogP contribution in [0.25, 0.3) is 0 Å². The molecule has 0 fully saturated rings. The van der Waals surface area contributed by atoms with E-state index < -0.39 is 0 Å². The van der Waals surface area contributed by atoms with Gasteiger partial charge in [-0.1, -0.05) is 0 Å². The molecular formula is C15H27N5O2S. The minimum Gasteiger partial charge on any atom is -0.331 e. The molecule has 3 amide bonds. The summed E-state index contributed by atoms with van der Waals surface area (Å²) in [5, 5.41) is 3.35. The highest BCUT2D eigenvalue weighted by Gasteiger charge is 2.19. The Balaban J connectivity index is 2.63. The molecule has 8 heteroatoms. The largest absolute Gasteiger partial charge is 0.331 e. The second-order valence-corrected chi connectivity index (χ2v) is 7.17. The van der Waals surface area contributed by atoms with Crippen molar-refractivity contribution in [2.75, 3.05) is 53.1 Å². The molecule has 1 aromatic heterocycles. The monoisotopic (exact) mass is 341 g/mol. The van der Waals surface area contributed by atoms with E-state index in [1.165, 1.54) is 16.2 Å². The molecule has 0 atom stereocenters. The van der Waals surface area contributed by atoms with Gasteiger partial charge < -0.3 is 20.0 Å². The van der Waals surface area contributed by atoms with Gasteiger partial charge in [0, 0.05) is 25.5 Å². The zero-order valence-electron chi connectivity index (χ0n) is 14.8. The molecule has 1 aromatic rings. The zero-order valence-corrected chi connectivity index (χ0v) is 15.7. The Kier molecular flexibility index (Phi) is 7.44. The molecule has 1 rings (SSSR count). The highest BCUT2D eigenvalue weighted by molar-refractivity contribution is 7.15. The van der Waals surface area contributed by atoms with E-state index in [2.05, 4.69) is 15.2 Å². The molecule has 0 saturated heterocycles. The molecule has 0 aromatic carbocycles. The summed E-state index contributed by atoms with van der Waals surface area (Å²) in [6, 6.07) is -0.162. The normalized spacial score (nSPS) is 10.7. The van der Waals surface area contributed by atoms with Gasteiger partial charge in [0.25, 0.3) is 0 Å². The van der Waals surface area contributed by atoms with Crippen molar-refractivity contribution < 1.29 is 9.59 Å². The average Bonchev–Trinajstić information content (AvgIpc) is 2.74. The fraction of sp³-hybridized carbons (Fsp3) is 0.667. The van der Waals surface area contributed by atoms with Crippen LogP contribution in [0.5, 0.6) is 0 Å². The molecule has 0 saturated carbocycles. The summed E-state index contributed by atoms with van der Waals surface area (Å²) in [5.41, 5.74) is 0.914. The van der Waals surface area contributed by atoms with Gasteiger partial charge in [-0.3, -0.25) is 4.79 Å². The highest BCUT2D eigenvalue weighted by Crippen LogP contribution is 2.20. The summed E-state index contributed by atoms with van der Waals surface area (Å²) >= 11 is 1.44. The van der Waals surface area contributed by atoms with Crippen LogP contribution < -0.4 is 5.32 Å². The molecule has 0 radical (unpaired) electrons. The minimum atomic E-state index is -0.223. The number of urea groups is 1. The number of aryl methyl sites for hydroxylation is 2. The lowest BCUT2D eigenvalue weighted by Gasteiger charge is -2.26. The maximum absolute atomic E-state index is 12.2. The van der Waals surface area contributed by atoms with Crippen molar-refractivity contribution in [3.63, 3.8) is 0 Å². The van der Waals surface area contributed by atoms with Gasteiger partial charge in [-0.25, -0.2) is 9.78 Å². The van der Waals surface area contributed by atoms with Crippen molar-refractivity contribution in [1.82, 2.24) is 19.7 Å². The van der Waals surface area contributed by atoms with E-state index in [4.69, 9.17) is 0 Å². The number of hydrogen-bond donors (Lipinski definition) is 1. The van der Waals surface area contributed by atoms with Gasteiger partial charge in [0.15, 0.2) is 5.13 Å². The molecule has 0 aliphatic carbocycles. The van der Waals surface area contributed by atoms with Crippen molar-refractivity contribution in [2.24, 2.45) is 0 Å². The average molecular weight is 341 g/mol. The van der Waals surface area contributed by atoms with E-state index >= 15 is 0 Å². The van der Waals surface area contributed by atoms with Crippen LogP contribution in [0, 0.1) is 13.8 Å². The van der Waals surface area contributed by atoms with Gasteiger partial charge in [0.1, 0.15) is 6.54 Å². The number of nitrogens with one attached hydrogen (secondary N) is 1. The summed E-state index contributed by atoms with van der Waals surface area (Å²) < 4.78 is 0. The third-order valence-corrected chi connectivity index (χ3v) is 4.28. The first kappa shape index (κ1) is 19.4. The molecule has 1 N–H and O–H groups in total. The first-order chi connectivity index (χ1) is 10.7. The fourth-order valence-corrected chi connectivity index (χ4v) is 2.79. The SMILES string of the molecule is Cc1nc(NC(=O)CN(CCCN(C)C)C(=O)N(C)C)sc1C. The molecule has 0 spiro atoms. The van der Waals surface area contributed by atoms with E-state index in [-0.39, 0.29) is 18.5 Å². The molecular weight excluding hydrogens is 314 g/mol. The predicted molar refractivity (Wildman–Crippen MR) is 94.0 cm³/mol. The van der Waals surface area contributed by atoms with Gasteiger partial charge in [-0.15, -0.1) is 11.3 Å². The summed E-state index contributed by atoms with van der Waals surface area (Å²) in [7, 11) is 7.34. The number of hydrogen-bond acceptors (Lipinski definition) is 5. The third kappa shape index (κ3) is 6.54. The summed E-state index contributed by atoms with van der Waals surface area (Å²) in [5.74, 6) is -0.223. The second kappa shape index (κ2) is 8.83. The zero-order chi connectivity index (χ0) is 17.6. The number of rotatable bonds is 7. The third-order valence-electron chi connectivity index (χ3n) is 3.30. The Morgan fingerprint density at radius 1 is 1.13 bits per heavy atom. The lowest BCUT2D eigenvalue weighted by molar-refractivity contribution is -0.116. The lowest BCUT2D eigenvalue weighted by atomic mass is 10.3. The van der Waals surface area contributed by atoms with Crippen LogP contribution in [0.15, 0.2) is 0 Å². The summed E-state index contributed by atoms with van der Waals surface area (Å²) in [6.45, 7) is 5.31. The lowest BCUT2D eigenvalue weighted by Crippen LogP contribution is -2.44. The molecule has 0 aliphatic heterocycles. The molecule has 23 heavy (non-hydrogen) atoms.